The Labute approximate surface area is 111 Å². The third kappa shape index (κ3) is 1.86. The van der Waals surface area contributed by atoms with Crippen molar-refractivity contribution in [3.8, 4) is 17.5 Å². The van der Waals surface area contributed by atoms with Gasteiger partial charge in [-0.15, -0.1) is 11.3 Å². The number of anilines is 1. The van der Waals surface area contributed by atoms with Gasteiger partial charge in [0.2, 0.25) is 5.89 Å². The summed E-state index contributed by atoms with van der Waals surface area (Å²) in [4.78, 5) is 16.7. The summed E-state index contributed by atoms with van der Waals surface area (Å²) in [5.41, 5.74) is 6.74. The zero-order chi connectivity index (χ0) is 13.4. The molecule has 3 aromatic rings. The standard InChI is InChI=1S/C13H7N3O2S/c14-5-7-1-3-8(4-2-7)11-16-12-10(13(17)18-11)9(15)6-19-12/h1-4,6H,15H2. The lowest BCUT2D eigenvalue weighted by molar-refractivity contribution is 0.519. The number of thiophene rings is 1. The minimum Gasteiger partial charge on any atom is -0.403 e. The molecule has 0 radical (unpaired) electrons. The highest BCUT2D eigenvalue weighted by Crippen LogP contribution is 2.26. The molecule has 0 aliphatic carbocycles. The van der Waals surface area contributed by atoms with E-state index < -0.39 is 5.63 Å². The van der Waals surface area contributed by atoms with Gasteiger partial charge in [-0.3, -0.25) is 0 Å². The van der Waals surface area contributed by atoms with Gasteiger partial charge in [0, 0.05) is 10.9 Å². The Morgan fingerprint density at radius 2 is 2.05 bits per heavy atom. The lowest BCUT2D eigenvalue weighted by Crippen LogP contribution is -2.03. The van der Waals surface area contributed by atoms with Gasteiger partial charge in [0.15, 0.2) is 0 Å². The molecule has 92 valence electrons. The van der Waals surface area contributed by atoms with Gasteiger partial charge in [-0.05, 0) is 24.3 Å². The molecule has 0 saturated carbocycles. The molecule has 19 heavy (non-hydrogen) atoms. The Kier molecular flexibility index (Phi) is 2.54. The molecule has 0 unspecified atom stereocenters. The van der Waals surface area contributed by atoms with Crippen LogP contribution in [0.15, 0.2) is 38.9 Å². The third-order valence-electron chi connectivity index (χ3n) is 2.66. The Morgan fingerprint density at radius 3 is 2.74 bits per heavy atom. The van der Waals surface area contributed by atoms with Crippen LogP contribution in [0, 0.1) is 11.3 Å². The van der Waals surface area contributed by atoms with Crippen LogP contribution in [0.3, 0.4) is 0 Å². The van der Waals surface area contributed by atoms with Gasteiger partial charge in [0.1, 0.15) is 10.2 Å². The molecular weight excluding hydrogens is 262 g/mol. The maximum atomic E-state index is 11.8. The molecule has 0 saturated heterocycles. The van der Waals surface area contributed by atoms with Crippen molar-refractivity contribution in [3.63, 3.8) is 0 Å². The Bertz CT molecular complexity index is 856. The number of nitrogens with two attached hydrogens (primary N) is 1. The third-order valence-corrected chi connectivity index (χ3v) is 3.55. The zero-order valence-corrected chi connectivity index (χ0v) is 10.4. The second-order valence-corrected chi connectivity index (χ2v) is 4.72. The summed E-state index contributed by atoms with van der Waals surface area (Å²) in [6.07, 6.45) is 0. The minimum absolute atomic E-state index is 0.226. The number of nitrogen functional groups attached to an aromatic ring is 1. The van der Waals surface area contributed by atoms with E-state index in [0.717, 1.165) is 0 Å². The summed E-state index contributed by atoms with van der Waals surface area (Å²) < 4.78 is 5.17. The normalized spacial score (nSPS) is 10.5. The van der Waals surface area contributed by atoms with Crippen molar-refractivity contribution in [2.45, 2.75) is 0 Å². The van der Waals surface area contributed by atoms with E-state index in [9.17, 15) is 4.79 Å². The van der Waals surface area contributed by atoms with Crippen LogP contribution in [0.5, 0.6) is 0 Å². The fourth-order valence-electron chi connectivity index (χ4n) is 1.71. The van der Waals surface area contributed by atoms with Gasteiger partial charge in [-0.25, -0.2) is 9.78 Å². The molecule has 0 aliphatic rings. The minimum atomic E-state index is -0.497. The summed E-state index contributed by atoms with van der Waals surface area (Å²) in [5, 5.41) is 10.7. The molecule has 2 N–H and O–H groups in total. The van der Waals surface area contributed by atoms with E-state index in [2.05, 4.69) is 4.98 Å². The second kappa shape index (κ2) is 4.23. The molecule has 5 nitrogen and oxygen atoms in total. The maximum Gasteiger partial charge on any atom is 0.350 e. The van der Waals surface area contributed by atoms with Gasteiger partial charge < -0.3 is 10.2 Å². The zero-order valence-electron chi connectivity index (χ0n) is 9.58. The van der Waals surface area contributed by atoms with E-state index in [1.54, 1.807) is 29.6 Å². The number of rotatable bonds is 1. The number of benzene rings is 1. The summed E-state index contributed by atoms with van der Waals surface area (Å²) in [5.74, 6) is 0.226. The number of fused-ring (bicyclic) bond motifs is 1. The highest BCUT2D eigenvalue weighted by molar-refractivity contribution is 7.17. The van der Waals surface area contributed by atoms with Crippen molar-refractivity contribution >= 4 is 27.2 Å². The molecule has 0 atom stereocenters. The van der Waals surface area contributed by atoms with Crippen LogP contribution < -0.4 is 11.4 Å². The molecule has 1 aromatic carbocycles. The molecule has 0 amide bonds. The van der Waals surface area contributed by atoms with E-state index in [0.29, 0.717) is 27.0 Å². The number of nitrogens with zero attached hydrogens (tertiary/aromatic N) is 2. The first-order chi connectivity index (χ1) is 9.19. The van der Waals surface area contributed by atoms with Crippen molar-refractivity contribution in [2.24, 2.45) is 0 Å². The van der Waals surface area contributed by atoms with Crippen LogP contribution >= 0.6 is 11.3 Å². The van der Waals surface area contributed by atoms with Crippen LogP contribution in [0.4, 0.5) is 5.69 Å². The Morgan fingerprint density at radius 1 is 1.32 bits per heavy atom. The average Bonchev–Trinajstić information content (AvgIpc) is 2.81. The molecule has 6 heteroatoms. The first kappa shape index (κ1) is 11.4. The van der Waals surface area contributed by atoms with Crippen molar-refractivity contribution < 1.29 is 4.42 Å². The number of nitriles is 1. The van der Waals surface area contributed by atoms with E-state index >= 15 is 0 Å². The molecule has 2 heterocycles. The van der Waals surface area contributed by atoms with E-state index in [-0.39, 0.29) is 5.89 Å². The van der Waals surface area contributed by atoms with Crippen LogP contribution in [-0.2, 0) is 0 Å². The summed E-state index contributed by atoms with van der Waals surface area (Å²) in [6.45, 7) is 0. The van der Waals surface area contributed by atoms with E-state index in [1.165, 1.54) is 11.3 Å². The monoisotopic (exact) mass is 269 g/mol. The van der Waals surface area contributed by atoms with Crippen molar-refractivity contribution in [1.82, 2.24) is 4.98 Å². The predicted molar refractivity (Wildman–Crippen MR) is 72.7 cm³/mol. The number of hydrogen-bond acceptors (Lipinski definition) is 6. The summed E-state index contributed by atoms with van der Waals surface area (Å²) >= 11 is 1.30. The van der Waals surface area contributed by atoms with Crippen LogP contribution in [0.2, 0.25) is 0 Å². The molecule has 0 spiro atoms. The molecule has 0 bridgehead atoms. The quantitative estimate of drug-likeness (QED) is 0.732. The smallest absolute Gasteiger partial charge is 0.350 e. The highest BCUT2D eigenvalue weighted by atomic mass is 32.1. The van der Waals surface area contributed by atoms with Gasteiger partial charge in [-0.1, -0.05) is 0 Å². The Hall–Kier alpha value is -2.65. The van der Waals surface area contributed by atoms with Gasteiger partial charge in [0.05, 0.1) is 17.3 Å². The number of aromatic nitrogens is 1. The average molecular weight is 269 g/mol. The van der Waals surface area contributed by atoms with Gasteiger partial charge in [0.25, 0.3) is 0 Å². The lowest BCUT2D eigenvalue weighted by Gasteiger charge is -1.99. The lowest BCUT2D eigenvalue weighted by atomic mass is 10.1. The molecule has 0 aliphatic heterocycles. The van der Waals surface area contributed by atoms with Crippen molar-refractivity contribution in [1.29, 1.82) is 5.26 Å². The maximum absolute atomic E-state index is 11.8. The first-order valence-electron chi connectivity index (χ1n) is 5.37. The fraction of sp³-hybridized carbons (Fsp3) is 0. The predicted octanol–water partition coefficient (Wildman–Crippen LogP) is 2.37. The highest BCUT2D eigenvalue weighted by Gasteiger charge is 2.12. The fourth-order valence-corrected chi connectivity index (χ4v) is 2.52. The summed E-state index contributed by atoms with van der Waals surface area (Å²) in [6, 6.07) is 8.68. The topological polar surface area (TPSA) is 92.9 Å². The van der Waals surface area contributed by atoms with Crippen molar-refractivity contribution in [2.75, 3.05) is 5.73 Å². The number of hydrogen-bond donors (Lipinski definition) is 1. The second-order valence-electron chi connectivity index (χ2n) is 3.87. The van der Waals surface area contributed by atoms with Gasteiger partial charge >= 0.3 is 5.63 Å². The van der Waals surface area contributed by atoms with Crippen LogP contribution in [0.1, 0.15) is 5.56 Å². The summed E-state index contributed by atoms with van der Waals surface area (Å²) in [7, 11) is 0. The van der Waals surface area contributed by atoms with Crippen molar-refractivity contribution in [3.05, 3.63) is 45.6 Å². The van der Waals surface area contributed by atoms with Crippen LogP contribution in [0.25, 0.3) is 21.7 Å². The van der Waals surface area contributed by atoms with Crippen LogP contribution in [-0.4, -0.2) is 4.98 Å². The largest absolute Gasteiger partial charge is 0.403 e. The molecule has 0 fully saturated rings. The van der Waals surface area contributed by atoms with Gasteiger partial charge in [-0.2, -0.15) is 5.26 Å². The van der Waals surface area contributed by atoms with E-state index in [4.69, 9.17) is 15.4 Å². The van der Waals surface area contributed by atoms with E-state index in [1.807, 2.05) is 6.07 Å². The Balaban J connectivity index is 2.20. The molecule has 2 aromatic heterocycles. The molecule has 3 rings (SSSR count). The molecular formula is C13H7N3O2S. The SMILES string of the molecule is N#Cc1ccc(-c2nc3scc(N)c3c(=O)o2)cc1. The first-order valence-corrected chi connectivity index (χ1v) is 6.25.